The van der Waals surface area contributed by atoms with Gasteiger partial charge in [-0.15, -0.1) is 0 Å². The van der Waals surface area contributed by atoms with Crippen LogP contribution in [-0.2, 0) is 4.74 Å². The largest absolute Gasteiger partial charge is 0.373 e. The van der Waals surface area contributed by atoms with Gasteiger partial charge in [-0.1, -0.05) is 41.4 Å². The lowest BCUT2D eigenvalue weighted by Gasteiger charge is -2.15. The molecule has 3 rings (SSSR count). The molecule has 0 spiro atoms. The van der Waals surface area contributed by atoms with Crippen LogP contribution in [-0.4, -0.2) is 17.1 Å². The minimum atomic E-state index is -0.414. The smallest absolute Gasteiger partial charge is 0.160 e. The Balaban J connectivity index is 2.06. The van der Waals surface area contributed by atoms with Gasteiger partial charge in [0.2, 0.25) is 0 Å². The van der Waals surface area contributed by atoms with Crippen LogP contribution in [0.4, 0.5) is 4.39 Å². The summed E-state index contributed by atoms with van der Waals surface area (Å²) in [7, 11) is 1.61. The fourth-order valence-corrected chi connectivity index (χ4v) is 2.95. The van der Waals surface area contributed by atoms with E-state index in [1.54, 1.807) is 25.3 Å². The highest BCUT2D eigenvalue weighted by Crippen LogP contribution is 2.43. The molecule has 0 aliphatic heterocycles. The fraction of sp³-hybridized carbons (Fsp3) is 0.333. The summed E-state index contributed by atoms with van der Waals surface area (Å²) >= 11 is 12.4. The van der Waals surface area contributed by atoms with Crippen LogP contribution in [0.25, 0.3) is 11.1 Å². The third kappa shape index (κ3) is 2.89. The van der Waals surface area contributed by atoms with E-state index in [0.29, 0.717) is 22.9 Å². The van der Waals surface area contributed by atoms with E-state index >= 15 is 0 Å². The predicted octanol–water partition coefficient (Wildman–Crippen LogP) is 4.69. The van der Waals surface area contributed by atoms with Crippen LogP contribution in [0.15, 0.2) is 24.3 Å². The molecule has 1 heterocycles. The van der Waals surface area contributed by atoms with Gasteiger partial charge in [0.15, 0.2) is 5.82 Å². The number of hydrogen-bond donors (Lipinski definition) is 0. The van der Waals surface area contributed by atoms with Gasteiger partial charge in [-0.3, -0.25) is 0 Å². The van der Waals surface area contributed by atoms with Crippen molar-refractivity contribution in [3.05, 3.63) is 46.2 Å². The number of ether oxygens (including phenoxy) is 1. The Morgan fingerprint density at radius 3 is 2.33 bits per heavy atom. The van der Waals surface area contributed by atoms with Crippen molar-refractivity contribution in [1.82, 2.24) is 9.97 Å². The SMILES string of the molecule is COC(c1nc(Cl)c(-c2ccccc2F)c(Cl)n1)C1CC1. The summed E-state index contributed by atoms with van der Waals surface area (Å²) in [5.41, 5.74) is 0.602. The highest BCUT2D eigenvalue weighted by molar-refractivity contribution is 6.37. The number of nitrogens with zero attached hydrogens (tertiary/aromatic N) is 2. The molecule has 1 saturated carbocycles. The number of hydrogen-bond acceptors (Lipinski definition) is 3. The second-order valence-electron chi connectivity index (χ2n) is 5.01. The van der Waals surface area contributed by atoms with Crippen LogP contribution in [0.5, 0.6) is 0 Å². The Bertz CT molecular complexity index is 653. The first kappa shape index (κ1) is 14.7. The number of aromatic nitrogens is 2. The van der Waals surface area contributed by atoms with Crippen molar-refractivity contribution in [1.29, 1.82) is 0 Å². The summed E-state index contributed by atoms with van der Waals surface area (Å²) in [5.74, 6) is 0.444. The minimum Gasteiger partial charge on any atom is -0.373 e. The zero-order valence-electron chi connectivity index (χ0n) is 11.3. The molecule has 0 amide bonds. The van der Waals surface area contributed by atoms with Crippen LogP contribution in [0.3, 0.4) is 0 Å². The summed E-state index contributed by atoms with van der Waals surface area (Å²) in [6.07, 6.45) is 1.94. The molecule has 0 N–H and O–H groups in total. The Morgan fingerprint density at radius 1 is 1.19 bits per heavy atom. The summed E-state index contributed by atoms with van der Waals surface area (Å²) < 4.78 is 19.3. The van der Waals surface area contributed by atoms with Crippen LogP contribution < -0.4 is 0 Å². The van der Waals surface area contributed by atoms with Crippen LogP contribution in [0.1, 0.15) is 24.8 Å². The lowest BCUT2D eigenvalue weighted by atomic mass is 10.1. The molecular formula is C15H13Cl2FN2O. The van der Waals surface area contributed by atoms with Crippen LogP contribution >= 0.6 is 23.2 Å². The molecule has 2 aromatic rings. The molecule has 1 aliphatic rings. The van der Waals surface area contributed by atoms with E-state index in [2.05, 4.69) is 9.97 Å². The monoisotopic (exact) mass is 326 g/mol. The van der Waals surface area contributed by atoms with E-state index < -0.39 is 5.82 Å². The standard InChI is InChI=1S/C15H13Cl2FN2O/c1-21-12(8-6-7-8)15-19-13(16)11(14(17)20-15)9-4-2-3-5-10(9)18/h2-5,8,12H,6-7H2,1H3. The average Bonchev–Trinajstić information content (AvgIpc) is 3.26. The fourth-order valence-electron chi connectivity index (χ4n) is 2.34. The molecule has 1 atom stereocenters. The average molecular weight is 327 g/mol. The van der Waals surface area contributed by atoms with E-state index in [-0.39, 0.29) is 16.4 Å². The van der Waals surface area contributed by atoms with Gasteiger partial charge in [0.1, 0.15) is 22.2 Å². The molecule has 6 heteroatoms. The van der Waals surface area contributed by atoms with Gasteiger partial charge >= 0.3 is 0 Å². The summed E-state index contributed by atoms with van der Waals surface area (Å²) in [6, 6.07) is 6.25. The van der Waals surface area contributed by atoms with Gasteiger partial charge in [-0.2, -0.15) is 0 Å². The van der Waals surface area contributed by atoms with Gasteiger partial charge in [0.05, 0.1) is 5.56 Å². The molecule has 1 aromatic carbocycles. The van der Waals surface area contributed by atoms with E-state index in [9.17, 15) is 4.39 Å². The van der Waals surface area contributed by atoms with Gasteiger partial charge in [0.25, 0.3) is 0 Å². The second kappa shape index (κ2) is 5.87. The topological polar surface area (TPSA) is 35.0 Å². The maximum absolute atomic E-state index is 13.9. The molecule has 0 bridgehead atoms. The lowest BCUT2D eigenvalue weighted by molar-refractivity contribution is 0.0772. The Morgan fingerprint density at radius 2 is 1.81 bits per heavy atom. The molecular weight excluding hydrogens is 314 g/mol. The van der Waals surface area contributed by atoms with Crippen molar-refractivity contribution in [3.8, 4) is 11.1 Å². The maximum Gasteiger partial charge on any atom is 0.160 e. The summed E-state index contributed by atoms with van der Waals surface area (Å²) in [6.45, 7) is 0. The Hall–Kier alpha value is -1.23. The molecule has 1 unspecified atom stereocenters. The van der Waals surface area contributed by atoms with Gasteiger partial charge < -0.3 is 4.74 Å². The molecule has 0 saturated heterocycles. The number of rotatable bonds is 4. The Kier molecular flexibility index (Phi) is 4.11. The quantitative estimate of drug-likeness (QED) is 0.764. The normalized spacial score (nSPS) is 16.0. The third-order valence-electron chi connectivity index (χ3n) is 3.54. The van der Waals surface area contributed by atoms with Crippen LogP contribution in [0.2, 0.25) is 10.3 Å². The van der Waals surface area contributed by atoms with Crippen molar-refractivity contribution in [3.63, 3.8) is 0 Å². The predicted molar refractivity (Wildman–Crippen MR) is 79.9 cm³/mol. The molecule has 1 aliphatic carbocycles. The summed E-state index contributed by atoms with van der Waals surface area (Å²) in [4.78, 5) is 8.52. The second-order valence-corrected chi connectivity index (χ2v) is 5.73. The lowest BCUT2D eigenvalue weighted by Crippen LogP contribution is -2.10. The zero-order chi connectivity index (χ0) is 15.0. The maximum atomic E-state index is 13.9. The molecule has 110 valence electrons. The first-order valence-electron chi connectivity index (χ1n) is 6.62. The van der Waals surface area contributed by atoms with Crippen molar-refractivity contribution in [2.75, 3.05) is 7.11 Å². The van der Waals surface area contributed by atoms with Crippen molar-refractivity contribution in [2.45, 2.75) is 18.9 Å². The summed E-state index contributed by atoms with van der Waals surface area (Å²) in [5, 5.41) is 0.274. The van der Waals surface area contributed by atoms with Gasteiger partial charge in [-0.05, 0) is 24.8 Å². The Labute approximate surface area is 132 Å². The van der Waals surface area contributed by atoms with Gasteiger partial charge in [-0.25, -0.2) is 14.4 Å². The number of halogens is 3. The first-order valence-corrected chi connectivity index (χ1v) is 7.38. The highest BCUT2D eigenvalue weighted by Gasteiger charge is 2.35. The van der Waals surface area contributed by atoms with Crippen molar-refractivity contribution < 1.29 is 9.13 Å². The number of benzene rings is 1. The first-order chi connectivity index (χ1) is 10.1. The zero-order valence-corrected chi connectivity index (χ0v) is 12.8. The van der Waals surface area contributed by atoms with Crippen molar-refractivity contribution in [2.24, 2.45) is 5.92 Å². The molecule has 3 nitrogen and oxygen atoms in total. The number of methoxy groups -OCH3 is 1. The molecule has 1 fully saturated rings. The van der Waals surface area contributed by atoms with E-state index in [1.165, 1.54) is 6.07 Å². The third-order valence-corrected chi connectivity index (χ3v) is 4.09. The van der Waals surface area contributed by atoms with E-state index in [4.69, 9.17) is 27.9 Å². The van der Waals surface area contributed by atoms with E-state index in [1.807, 2.05) is 0 Å². The molecule has 21 heavy (non-hydrogen) atoms. The van der Waals surface area contributed by atoms with Gasteiger partial charge in [0, 0.05) is 12.7 Å². The molecule has 0 radical (unpaired) electrons. The minimum absolute atomic E-state index is 0.137. The molecule has 1 aromatic heterocycles. The van der Waals surface area contributed by atoms with Crippen molar-refractivity contribution >= 4 is 23.2 Å². The van der Waals surface area contributed by atoms with E-state index in [0.717, 1.165) is 12.8 Å². The van der Waals surface area contributed by atoms with Crippen LogP contribution in [0, 0.1) is 11.7 Å². The highest BCUT2D eigenvalue weighted by atomic mass is 35.5.